The predicted molar refractivity (Wildman–Crippen MR) is 81.8 cm³/mol. The predicted octanol–water partition coefficient (Wildman–Crippen LogP) is 1.97. The third-order valence-electron chi connectivity index (χ3n) is 4.62. The van der Waals surface area contributed by atoms with Gasteiger partial charge in [0.15, 0.2) is 0 Å². The average Bonchev–Trinajstić information content (AvgIpc) is 2.99. The maximum absolute atomic E-state index is 12.3. The molecule has 0 aromatic carbocycles. The van der Waals surface area contributed by atoms with Crippen molar-refractivity contribution in [2.45, 2.75) is 44.9 Å². The Morgan fingerprint density at radius 3 is 2.85 bits per heavy atom. The number of piperidine rings is 1. The molecule has 3 rings (SSSR count). The first-order valence-corrected chi connectivity index (χ1v) is 8.19. The number of nitrogens with zero attached hydrogens (tertiary/aromatic N) is 2. The van der Waals surface area contributed by atoms with Crippen molar-refractivity contribution < 1.29 is 4.79 Å². The highest BCUT2D eigenvalue weighted by atomic mass is 32.1. The second-order valence-corrected chi connectivity index (χ2v) is 7.36. The van der Waals surface area contributed by atoms with E-state index in [0.29, 0.717) is 18.6 Å². The van der Waals surface area contributed by atoms with Crippen LogP contribution in [0, 0.1) is 6.92 Å². The van der Waals surface area contributed by atoms with Crippen LogP contribution in [-0.2, 0) is 4.79 Å². The molecule has 1 aromatic rings. The zero-order chi connectivity index (χ0) is 14.3. The van der Waals surface area contributed by atoms with Gasteiger partial charge < -0.3 is 9.80 Å². The van der Waals surface area contributed by atoms with E-state index < -0.39 is 0 Å². The van der Waals surface area contributed by atoms with E-state index in [-0.39, 0.29) is 12.1 Å². The molecule has 20 heavy (non-hydrogen) atoms. The van der Waals surface area contributed by atoms with Gasteiger partial charge in [0, 0.05) is 28.4 Å². The maximum atomic E-state index is 12.3. The van der Waals surface area contributed by atoms with Crippen LogP contribution in [0.2, 0.25) is 0 Å². The molecule has 3 heterocycles. The topological polar surface area (TPSA) is 35.6 Å². The second kappa shape index (κ2) is 5.47. The van der Waals surface area contributed by atoms with E-state index in [1.807, 2.05) is 0 Å². The number of nitrogens with one attached hydrogen (secondary N) is 1. The highest BCUT2D eigenvalue weighted by Crippen LogP contribution is 2.33. The van der Waals surface area contributed by atoms with Gasteiger partial charge in [0.05, 0.1) is 6.54 Å². The number of aryl methyl sites for hydroxylation is 1. The molecule has 4 nitrogen and oxygen atoms in total. The van der Waals surface area contributed by atoms with Crippen LogP contribution >= 0.6 is 11.3 Å². The van der Waals surface area contributed by atoms with Crippen molar-refractivity contribution in [2.75, 3.05) is 20.1 Å². The second-order valence-electron chi connectivity index (χ2n) is 6.04. The zero-order valence-electron chi connectivity index (χ0n) is 12.4. The summed E-state index contributed by atoms with van der Waals surface area (Å²) in [5, 5.41) is 3.38. The summed E-state index contributed by atoms with van der Waals surface area (Å²) in [6.07, 6.45) is 2.24. The van der Waals surface area contributed by atoms with Crippen LogP contribution in [0.4, 0.5) is 0 Å². The number of amides is 1. The standard InChI is InChI=1S/C15H23N3OS/c1-10-8-12(6-7-17(10)3)18-14(19)9-16-15(18)13-5-4-11(2)20-13/h4-5,10,12,15-16H,6-9H2,1-3H3. The van der Waals surface area contributed by atoms with Crippen molar-refractivity contribution in [1.29, 1.82) is 0 Å². The van der Waals surface area contributed by atoms with Crippen LogP contribution in [0.3, 0.4) is 0 Å². The molecule has 5 heteroatoms. The largest absolute Gasteiger partial charge is 0.318 e. The van der Waals surface area contributed by atoms with E-state index in [2.05, 4.69) is 48.1 Å². The van der Waals surface area contributed by atoms with E-state index in [4.69, 9.17) is 0 Å². The molecule has 0 aliphatic carbocycles. The smallest absolute Gasteiger partial charge is 0.238 e. The normalized spacial score (nSPS) is 32.0. The van der Waals surface area contributed by atoms with Crippen LogP contribution in [-0.4, -0.2) is 47.9 Å². The SMILES string of the molecule is Cc1ccc(C2NCC(=O)N2C2CCN(C)C(C)C2)s1. The molecule has 1 aromatic heterocycles. The fraction of sp³-hybridized carbons (Fsp3) is 0.667. The summed E-state index contributed by atoms with van der Waals surface area (Å²) in [4.78, 5) is 19.4. The Balaban J connectivity index is 1.80. The van der Waals surface area contributed by atoms with E-state index in [1.54, 1.807) is 11.3 Å². The van der Waals surface area contributed by atoms with Gasteiger partial charge in [0.2, 0.25) is 5.91 Å². The minimum Gasteiger partial charge on any atom is -0.318 e. The van der Waals surface area contributed by atoms with Crippen molar-refractivity contribution in [3.63, 3.8) is 0 Å². The van der Waals surface area contributed by atoms with Gasteiger partial charge in [0.25, 0.3) is 0 Å². The van der Waals surface area contributed by atoms with Gasteiger partial charge in [-0.25, -0.2) is 0 Å². The summed E-state index contributed by atoms with van der Waals surface area (Å²) >= 11 is 1.79. The first-order chi connectivity index (χ1) is 9.56. The molecular formula is C15H23N3OS. The Kier molecular flexibility index (Phi) is 3.84. The molecule has 3 atom stereocenters. The molecule has 1 amide bonds. The Bertz CT molecular complexity index is 501. The third-order valence-corrected chi connectivity index (χ3v) is 5.67. The number of carbonyl (C=O) groups excluding carboxylic acids is 1. The van der Waals surface area contributed by atoms with Gasteiger partial charge in [-0.15, -0.1) is 11.3 Å². The lowest BCUT2D eigenvalue weighted by atomic mass is 9.97. The van der Waals surface area contributed by atoms with Gasteiger partial charge in [0.1, 0.15) is 6.17 Å². The molecule has 2 aliphatic heterocycles. The van der Waals surface area contributed by atoms with Crippen LogP contribution in [0.15, 0.2) is 12.1 Å². The van der Waals surface area contributed by atoms with E-state index in [9.17, 15) is 4.79 Å². The molecule has 2 saturated heterocycles. The van der Waals surface area contributed by atoms with Crippen molar-refractivity contribution in [1.82, 2.24) is 15.1 Å². The van der Waals surface area contributed by atoms with Gasteiger partial charge >= 0.3 is 0 Å². The number of thiophene rings is 1. The summed E-state index contributed by atoms with van der Waals surface area (Å²) in [7, 11) is 2.17. The Labute approximate surface area is 124 Å². The third kappa shape index (κ3) is 2.50. The van der Waals surface area contributed by atoms with Crippen LogP contribution in [0.5, 0.6) is 0 Å². The summed E-state index contributed by atoms with van der Waals surface area (Å²) in [5.74, 6) is 0.253. The minimum absolute atomic E-state index is 0.0850. The van der Waals surface area contributed by atoms with Gasteiger partial charge in [-0.2, -0.15) is 0 Å². The van der Waals surface area contributed by atoms with Crippen molar-refractivity contribution in [3.8, 4) is 0 Å². The molecule has 0 bridgehead atoms. The molecule has 2 fully saturated rings. The number of carbonyl (C=O) groups is 1. The summed E-state index contributed by atoms with van der Waals surface area (Å²) in [6.45, 7) is 5.92. The molecule has 110 valence electrons. The Morgan fingerprint density at radius 1 is 1.40 bits per heavy atom. The van der Waals surface area contributed by atoms with Crippen molar-refractivity contribution >= 4 is 17.2 Å². The first kappa shape index (κ1) is 14.0. The van der Waals surface area contributed by atoms with E-state index in [1.165, 1.54) is 9.75 Å². The van der Waals surface area contributed by atoms with Gasteiger partial charge in [-0.05, 0) is 45.9 Å². The zero-order valence-corrected chi connectivity index (χ0v) is 13.2. The lowest BCUT2D eigenvalue weighted by Gasteiger charge is -2.41. The average molecular weight is 293 g/mol. The highest BCUT2D eigenvalue weighted by molar-refractivity contribution is 7.12. The van der Waals surface area contributed by atoms with Crippen LogP contribution in [0.25, 0.3) is 0 Å². The van der Waals surface area contributed by atoms with E-state index in [0.717, 1.165) is 19.4 Å². The van der Waals surface area contributed by atoms with Gasteiger partial charge in [-0.3, -0.25) is 10.1 Å². The quantitative estimate of drug-likeness (QED) is 0.905. The molecular weight excluding hydrogens is 270 g/mol. The van der Waals surface area contributed by atoms with Crippen molar-refractivity contribution in [2.24, 2.45) is 0 Å². The fourth-order valence-electron chi connectivity index (χ4n) is 3.29. The van der Waals surface area contributed by atoms with Gasteiger partial charge in [-0.1, -0.05) is 0 Å². The number of hydrogen-bond donors (Lipinski definition) is 1. The molecule has 0 spiro atoms. The molecule has 0 saturated carbocycles. The number of hydrogen-bond acceptors (Lipinski definition) is 4. The minimum atomic E-state index is 0.0850. The summed E-state index contributed by atoms with van der Waals surface area (Å²) in [5.41, 5.74) is 0. The lowest BCUT2D eigenvalue weighted by Crippen LogP contribution is -2.49. The summed E-state index contributed by atoms with van der Waals surface area (Å²) < 4.78 is 0. The number of likely N-dealkylation sites (tertiary alicyclic amines) is 1. The fourth-order valence-corrected chi connectivity index (χ4v) is 4.24. The number of rotatable bonds is 2. The molecule has 1 N–H and O–H groups in total. The molecule has 0 radical (unpaired) electrons. The van der Waals surface area contributed by atoms with Crippen molar-refractivity contribution in [3.05, 3.63) is 21.9 Å². The first-order valence-electron chi connectivity index (χ1n) is 7.37. The molecule has 2 aliphatic rings. The maximum Gasteiger partial charge on any atom is 0.238 e. The Morgan fingerprint density at radius 2 is 2.20 bits per heavy atom. The Hall–Kier alpha value is -0.910. The monoisotopic (exact) mass is 293 g/mol. The highest BCUT2D eigenvalue weighted by Gasteiger charge is 2.39. The van der Waals surface area contributed by atoms with E-state index >= 15 is 0 Å². The summed E-state index contributed by atoms with van der Waals surface area (Å²) in [6, 6.07) is 5.21. The van der Waals surface area contributed by atoms with Crippen LogP contribution < -0.4 is 5.32 Å². The van der Waals surface area contributed by atoms with Crippen LogP contribution in [0.1, 0.15) is 35.7 Å². The molecule has 3 unspecified atom stereocenters. The lowest BCUT2D eigenvalue weighted by molar-refractivity contribution is -0.131.